The maximum atomic E-state index is 12.9. The summed E-state index contributed by atoms with van der Waals surface area (Å²) in [6, 6.07) is 15.3. The Morgan fingerprint density at radius 1 is 1.06 bits per heavy atom. The summed E-state index contributed by atoms with van der Waals surface area (Å²) in [5.41, 5.74) is 2.90. The maximum absolute atomic E-state index is 12.9. The van der Waals surface area contributed by atoms with Gasteiger partial charge in [-0.3, -0.25) is 18.6 Å². The minimum Gasteiger partial charge on any atom is -0.497 e. The van der Waals surface area contributed by atoms with Crippen molar-refractivity contribution in [2.24, 2.45) is 0 Å². The van der Waals surface area contributed by atoms with Crippen molar-refractivity contribution in [3.05, 3.63) is 88.9 Å². The number of aromatic amines is 1. The predicted molar refractivity (Wildman–Crippen MR) is 128 cm³/mol. The summed E-state index contributed by atoms with van der Waals surface area (Å²) in [7, 11) is 1.59. The van der Waals surface area contributed by atoms with Crippen LogP contribution >= 0.6 is 0 Å². The van der Waals surface area contributed by atoms with E-state index in [4.69, 9.17) is 4.74 Å². The lowest BCUT2D eigenvalue weighted by Gasteiger charge is -2.08. The molecule has 9 nitrogen and oxygen atoms in total. The van der Waals surface area contributed by atoms with Gasteiger partial charge in [-0.25, -0.2) is 0 Å². The van der Waals surface area contributed by atoms with E-state index in [1.807, 2.05) is 24.4 Å². The van der Waals surface area contributed by atoms with Gasteiger partial charge in [0.25, 0.3) is 0 Å². The molecule has 3 heterocycles. The molecule has 0 unspecified atom stereocenters. The number of methoxy groups -OCH3 is 1. The summed E-state index contributed by atoms with van der Waals surface area (Å²) in [6.45, 7) is 0.549. The second kappa shape index (κ2) is 9.22. The zero-order valence-corrected chi connectivity index (χ0v) is 18.7. The molecular formula is C25H24N6O3. The van der Waals surface area contributed by atoms with E-state index in [2.05, 4.69) is 26.6 Å². The van der Waals surface area contributed by atoms with E-state index in [1.165, 1.54) is 15.5 Å². The number of rotatable bonds is 8. The minimum absolute atomic E-state index is 0.0665. The number of ether oxygens (including phenoxy) is 1. The van der Waals surface area contributed by atoms with Crippen LogP contribution in [0.2, 0.25) is 0 Å². The first-order chi connectivity index (χ1) is 16.6. The number of aromatic nitrogens is 5. The highest BCUT2D eigenvalue weighted by molar-refractivity contribution is 5.83. The molecular weight excluding hydrogens is 432 g/mol. The van der Waals surface area contributed by atoms with Crippen molar-refractivity contribution in [1.82, 2.24) is 29.5 Å². The highest BCUT2D eigenvalue weighted by Crippen LogP contribution is 2.18. The first kappa shape index (κ1) is 21.4. The third kappa shape index (κ3) is 4.15. The van der Waals surface area contributed by atoms with E-state index in [0.717, 1.165) is 11.9 Å². The Morgan fingerprint density at radius 2 is 1.88 bits per heavy atom. The van der Waals surface area contributed by atoms with Crippen molar-refractivity contribution in [2.45, 2.75) is 19.3 Å². The van der Waals surface area contributed by atoms with Crippen LogP contribution in [0, 0.1) is 0 Å². The number of aryl methyl sites for hydroxylation is 1. The quantitative estimate of drug-likeness (QED) is 0.373. The first-order valence-corrected chi connectivity index (χ1v) is 11.1. The van der Waals surface area contributed by atoms with Crippen LogP contribution in [0.4, 0.5) is 0 Å². The number of H-pyrrole nitrogens is 1. The fourth-order valence-corrected chi connectivity index (χ4v) is 4.04. The van der Waals surface area contributed by atoms with Gasteiger partial charge in [-0.2, -0.15) is 0 Å². The van der Waals surface area contributed by atoms with Crippen LogP contribution in [0.25, 0.3) is 22.2 Å². The molecule has 0 saturated carbocycles. The Kier molecular flexibility index (Phi) is 5.82. The van der Waals surface area contributed by atoms with Crippen molar-refractivity contribution in [3.63, 3.8) is 0 Å². The fraction of sp³-hybridized carbons (Fsp3) is 0.200. The normalized spacial score (nSPS) is 11.2. The Morgan fingerprint density at radius 3 is 2.71 bits per heavy atom. The number of carbonyl (C=O) groups excluding carboxylic acids is 1. The third-order valence-corrected chi connectivity index (χ3v) is 5.86. The summed E-state index contributed by atoms with van der Waals surface area (Å²) in [5, 5.41) is 12.3. The van der Waals surface area contributed by atoms with Gasteiger partial charge in [-0.15, -0.1) is 10.2 Å². The molecule has 0 aliphatic heterocycles. The molecule has 0 saturated heterocycles. The average molecular weight is 457 g/mol. The number of amides is 1. The van der Waals surface area contributed by atoms with Gasteiger partial charge in [0.1, 0.15) is 11.6 Å². The fourth-order valence-electron chi connectivity index (χ4n) is 4.04. The molecule has 2 N–H and O–H groups in total. The van der Waals surface area contributed by atoms with Gasteiger partial charge >= 0.3 is 5.56 Å². The Labute approximate surface area is 195 Å². The predicted octanol–water partition coefficient (Wildman–Crippen LogP) is 2.66. The maximum Gasteiger partial charge on any atom is 0.300 e. The van der Waals surface area contributed by atoms with Gasteiger partial charge in [0.05, 0.1) is 7.11 Å². The van der Waals surface area contributed by atoms with Gasteiger partial charge in [0.2, 0.25) is 11.6 Å². The smallest absolute Gasteiger partial charge is 0.300 e. The molecule has 34 heavy (non-hydrogen) atoms. The molecule has 0 spiro atoms. The van der Waals surface area contributed by atoms with Crippen molar-refractivity contribution < 1.29 is 9.53 Å². The molecule has 5 aromatic rings. The van der Waals surface area contributed by atoms with Crippen LogP contribution in [0.3, 0.4) is 0 Å². The van der Waals surface area contributed by atoms with E-state index in [0.29, 0.717) is 30.2 Å². The number of benzene rings is 2. The number of nitrogens with zero attached hydrogens (tertiary/aromatic N) is 4. The molecule has 2 aromatic carbocycles. The summed E-state index contributed by atoms with van der Waals surface area (Å²) >= 11 is 0. The van der Waals surface area contributed by atoms with Crippen molar-refractivity contribution in [2.75, 3.05) is 13.7 Å². The molecule has 172 valence electrons. The molecule has 0 radical (unpaired) electrons. The number of carbonyl (C=O) groups is 1. The van der Waals surface area contributed by atoms with Crippen LogP contribution in [-0.2, 0) is 17.6 Å². The van der Waals surface area contributed by atoms with E-state index in [1.54, 1.807) is 48.2 Å². The van der Waals surface area contributed by atoms with Crippen molar-refractivity contribution in [3.8, 4) is 11.4 Å². The van der Waals surface area contributed by atoms with Crippen molar-refractivity contribution >= 4 is 22.5 Å². The number of fused-ring (bicyclic) bond motifs is 2. The zero-order valence-electron chi connectivity index (χ0n) is 18.7. The SMILES string of the molecule is COc1ccc(-n2ccn3c(CCC(=O)NCCc4c[nH]c5ccccc45)nnc3c2=O)cc1. The Bertz CT molecular complexity index is 1510. The van der Waals surface area contributed by atoms with E-state index >= 15 is 0 Å². The van der Waals surface area contributed by atoms with E-state index in [-0.39, 0.29) is 23.5 Å². The molecule has 5 rings (SSSR count). The lowest BCUT2D eigenvalue weighted by atomic mass is 10.1. The molecule has 0 aliphatic rings. The number of para-hydroxylation sites is 1. The number of hydrogen-bond donors (Lipinski definition) is 2. The van der Waals surface area contributed by atoms with Crippen molar-refractivity contribution in [1.29, 1.82) is 0 Å². The molecule has 0 aliphatic carbocycles. The van der Waals surface area contributed by atoms with E-state index < -0.39 is 0 Å². The largest absolute Gasteiger partial charge is 0.497 e. The summed E-state index contributed by atoms with van der Waals surface area (Å²) in [6.07, 6.45) is 6.78. The average Bonchev–Trinajstić information content (AvgIpc) is 3.48. The van der Waals surface area contributed by atoms with Crippen LogP contribution in [0.15, 0.2) is 71.9 Å². The number of hydrogen-bond acceptors (Lipinski definition) is 5. The van der Waals surface area contributed by atoms with E-state index in [9.17, 15) is 9.59 Å². The molecule has 0 fully saturated rings. The highest BCUT2D eigenvalue weighted by atomic mass is 16.5. The standard InChI is InChI=1S/C25H24N6O3/c1-34-19-8-6-18(7-9-19)30-14-15-31-22(28-29-24(31)25(30)33)10-11-23(32)26-13-12-17-16-27-21-5-3-2-4-20(17)21/h2-9,14-16,27H,10-13H2,1H3,(H,26,32). The Balaban J connectivity index is 1.21. The van der Waals surface area contributed by atoms with Crippen LogP contribution in [0.5, 0.6) is 5.75 Å². The lowest BCUT2D eigenvalue weighted by Crippen LogP contribution is -2.26. The molecule has 9 heteroatoms. The second-order valence-electron chi connectivity index (χ2n) is 7.94. The number of nitrogens with one attached hydrogen (secondary N) is 2. The van der Waals surface area contributed by atoms with Gasteiger partial charge in [-0.1, -0.05) is 18.2 Å². The first-order valence-electron chi connectivity index (χ1n) is 11.1. The molecule has 3 aromatic heterocycles. The third-order valence-electron chi connectivity index (χ3n) is 5.86. The van der Waals surface area contributed by atoms with Crippen LogP contribution < -0.4 is 15.6 Å². The van der Waals surface area contributed by atoms with Crippen LogP contribution in [-0.4, -0.2) is 43.7 Å². The highest BCUT2D eigenvalue weighted by Gasteiger charge is 2.13. The van der Waals surface area contributed by atoms with Gasteiger partial charge in [0, 0.05) is 54.6 Å². The van der Waals surface area contributed by atoms with Gasteiger partial charge in [0.15, 0.2) is 0 Å². The lowest BCUT2D eigenvalue weighted by molar-refractivity contribution is -0.121. The second-order valence-corrected chi connectivity index (χ2v) is 7.94. The zero-order chi connectivity index (χ0) is 23.5. The minimum atomic E-state index is -0.283. The monoisotopic (exact) mass is 456 g/mol. The van der Waals surface area contributed by atoms with Crippen LogP contribution in [0.1, 0.15) is 17.8 Å². The Hall–Kier alpha value is -4.40. The summed E-state index contributed by atoms with van der Waals surface area (Å²) in [4.78, 5) is 28.5. The molecule has 1 amide bonds. The molecule has 0 bridgehead atoms. The van der Waals surface area contributed by atoms with Gasteiger partial charge in [-0.05, 0) is 42.3 Å². The topological polar surface area (TPSA) is 106 Å². The van der Waals surface area contributed by atoms with Gasteiger partial charge < -0.3 is 15.0 Å². The summed E-state index contributed by atoms with van der Waals surface area (Å²) < 4.78 is 8.31. The summed E-state index contributed by atoms with van der Waals surface area (Å²) in [5.74, 6) is 1.21. The molecule has 0 atom stereocenters.